The van der Waals surface area contributed by atoms with Crippen molar-refractivity contribution in [3.05, 3.63) is 18.3 Å². The van der Waals surface area contributed by atoms with E-state index in [0.717, 1.165) is 11.0 Å². The molecule has 2 heterocycles. The van der Waals surface area contributed by atoms with Gasteiger partial charge in [-0.2, -0.15) is 4.80 Å². The fourth-order valence-corrected chi connectivity index (χ4v) is 2.01. The summed E-state index contributed by atoms with van der Waals surface area (Å²) in [5.41, 5.74) is 2.29. The zero-order valence-corrected chi connectivity index (χ0v) is 10.1. The van der Waals surface area contributed by atoms with E-state index in [1.54, 1.807) is 0 Å². The summed E-state index contributed by atoms with van der Waals surface area (Å²) in [7, 11) is -2.26. The number of nitrogens with zero attached hydrogens (tertiary/aromatic N) is 5. The predicted octanol–water partition coefficient (Wildman–Crippen LogP) is -1.31. The van der Waals surface area contributed by atoms with E-state index in [2.05, 4.69) is 30.5 Å². The molecule has 0 aliphatic carbocycles. The molecule has 0 aliphatic heterocycles. The average Bonchev–Trinajstić information content (AvgIpc) is 2.74. The Morgan fingerprint density at radius 3 is 2.67 bits per heavy atom. The van der Waals surface area contributed by atoms with E-state index < -0.39 is 10.0 Å². The van der Waals surface area contributed by atoms with Crippen LogP contribution in [0.3, 0.4) is 0 Å². The molecule has 0 radical (unpaired) electrons. The maximum Gasteiger partial charge on any atom is 0.277 e. The first-order valence-corrected chi connectivity index (χ1v) is 6.19. The van der Waals surface area contributed by atoms with Crippen LogP contribution >= 0.6 is 0 Å². The van der Waals surface area contributed by atoms with Crippen molar-refractivity contribution in [3.63, 3.8) is 0 Å². The molecule has 0 aromatic carbocycles. The molecule has 0 spiro atoms. The van der Waals surface area contributed by atoms with Gasteiger partial charge in [-0.1, -0.05) is 5.10 Å². The fourth-order valence-electron chi connectivity index (χ4n) is 1.13. The van der Waals surface area contributed by atoms with Crippen LogP contribution in [0.25, 0.3) is 0 Å². The topological polar surface area (TPSA) is 141 Å². The van der Waals surface area contributed by atoms with Crippen LogP contribution in [0.1, 0.15) is 0 Å². The molecule has 10 nitrogen and oxygen atoms in total. The zero-order chi connectivity index (χ0) is 13.2. The minimum Gasteiger partial charge on any atom is -0.308 e. The lowest BCUT2D eigenvalue weighted by Crippen LogP contribution is -2.15. The van der Waals surface area contributed by atoms with Crippen molar-refractivity contribution >= 4 is 21.8 Å². The molecule has 0 amide bonds. The van der Waals surface area contributed by atoms with E-state index in [-0.39, 0.29) is 10.8 Å². The second-order valence-corrected chi connectivity index (χ2v) is 4.91. The first-order chi connectivity index (χ1) is 8.51. The Hall–Kier alpha value is -2.27. The molecule has 2 aromatic heterocycles. The van der Waals surface area contributed by atoms with E-state index in [9.17, 15) is 8.42 Å². The van der Waals surface area contributed by atoms with E-state index in [1.165, 1.54) is 19.2 Å². The molecular formula is C7H10N8O2S. The molecule has 0 aliphatic rings. The second-order valence-electron chi connectivity index (χ2n) is 3.23. The number of tetrazole rings is 1. The van der Waals surface area contributed by atoms with E-state index in [0.29, 0.717) is 5.82 Å². The molecule has 18 heavy (non-hydrogen) atoms. The quantitative estimate of drug-likeness (QED) is 0.459. The van der Waals surface area contributed by atoms with Crippen molar-refractivity contribution in [1.29, 1.82) is 0 Å². The van der Waals surface area contributed by atoms with Crippen LogP contribution in [-0.2, 0) is 17.1 Å². The number of nitrogens with one attached hydrogen (secondary N) is 2. The van der Waals surface area contributed by atoms with E-state index in [1.807, 2.05) is 0 Å². The van der Waals surface area contributed by atoms with Gasteiger partial charge in [0.2, 0.25) is 0 Å². The summed E-state index contributed by atoms with van der Waals surface area (Å²) in [5.74, 6) is 5.37. The number of aryl methyl sites for hydroxylation is 1. The van der Waals surface area contributed by atoms with Crippen LogP contribution in [0.5, 0.6) is 0 Å². The molecule has 0 saturated heterocycles. The van der Waals surface area contributed by atoms with Crippen molar-refractivity contribution in [3.8, 4) is 0 Å². The number of nitrogens with two attached hydrogens (primary N) is 1. The lowest BCUT2D eigenvalue weighted by atomic mass is 10.5. The lowest BCUT2D eigenvalue weighted by Gasteiger charge is -2.04. The summed E-state index contributed by atoms with van der Waals surface area (Å²) in [6.07, 6.45) is 1.16. The predicted molar refractivity (Wildman–Crippen MR) is 61.7 cm³/mol. The molecule has 0 atom stereocenters. The van der Waals surface area contributed by atoms with Crippen LogP contribution in [0.2, 0.25) is 0 Å². The summed E-state index contributed by atoms with van der Waals surface area (Å²) in [6.45, 7) is 0. The van der Waals surface area contributed by atoms with Gasteiger partial charge in [0.1, 0.15) is 10.7 Å². The SMILES string of the molecule is Cn1nnc(NS(=O)(=O)c2ccc(NN)nc2)n1. The third-order valence-corrected chi connectivity index (χ3v) is 3.24. The molecule has 4 N–H and O–H groups in total. The van der Waals surface area contributed by atoms with Crippen molar-refractivity contribution < 1.29 is 8.42 Å². The van der Waals surface area contributed by atoms with Crippen molar-refractivity contribution in [2.75, 3.05) is 10.1 Å². The maximum absolute atomic E-state index is 11.9. The van der Waals surface area contributed by atoms with E-state index in [4.69, 9.17) is 5.84 Å². The Bertz CT molecular complexity index is 634. The zero-order valence-electron chi connectivity index (χ0n) is 9.27. The van der Waals surface area contributed by atoms with Gasteiger partial charge in [-0.25, -0.2) is 24.0 Å². The molecular weight excluding hydrogens is 260 g/mol. The minimum absolute atomic E-state index is 0.0334. The summed E-state index contributed by atoms with van der Waals surface area (Å²) >= 11 is 0. The van der Waals surface area contributed by atoms with Crippen LogP contribution in [0.4, 0.5) is 11.8 Å². The Morgan fingerprint density at radius 2 is 2.17 bits per heavy atom. The molecule has 0 saturated carbocycles. The van der Waals surface area contributed by atoms with Crippen molar-refractivity contribution in [2.24, 2.45) is 12.9 Å². The Morgan fingerprint density at radius 1 is 1.39 bits per heavy atom. The van der Waals surface area contributed by atoms with Crippen LogP contribution in [-0.4, -0.2) is 33.6 Å². The first-order valence-electron chi connectivity index (χ1n) is 4.71. The number of sulfonamides is 1. The van der Waals surface area contributed by atoms with Crippen molar-refractivity contribution in [2.45, 2.75) is 4.90 Å². The molecule has 0 unspecified atom stereocenters. The fraction of sp³-hybridized carbons (Fsp3) is 0.143. The normalized spacial score (nSPS) is 11.2. The van der Waals surface area contributed by atoms with Crippen LogP contribution in [0, 0.1) is 0 Å². The number of hydrogen-bond donors (Lipinski definition) is 3. The van der Waals surface area contributed by atoms with E-state index >= 15 is 0 Å². The highest BCUT2D eigenvalue weighted by Crippen LogP contribution is 2.12. The number of aromatic nitrogens is 5. The number of hydrazine groups is 1. The van der Waals surface area contributed by atoms with Gasteiger partial charge in [0.15, 0.2) is 0 Å². The monoisotopic (exact) mass is 270 g/mol. The van der Waals surface area contributed by atoms with Gasteiger partial charge in [-0.3, -0.25) is 0 Å². The van der Waals surface area contributed by atoms with Crippen LogP contribution < -0.4 is 16.0 Å². The summed E-state index contributed by atoms with van der Waals surface area (Å²) < 4.78 is 25.9. The number of nitrogen functional groups attached to an aromatic ring is 1. The Balaban J connectivity index is 2.24. The molecule has 0 bridgehead atoms. The number of rotatable bonds is 4. The highest BCUT2D eigenvalue weighted by molar-refractivity contribution is 7.92. The third kappa shape index (κ3) is 2.52. The largest absolute Gasteiger partial charge is 0.308 e. The van der Waals surface area contributed by atoms with Crippen molar-refractivity contribution in [1.82, 2.24) is 25.2 Å². The summed E-state index contributed by atoms with van der Waals surface area (Å²) in [6, 6.07) is 2.78. The summed E-state index contributed by atoms with van der Waals surface area (Å²) in [5, 5.41) is 10.7. The van der Waals surface area contributed by atoms with Crippen LogP contribution in [0.15, 0.2) is 23.2 Å². The molecule has 11 heteroatoms. The number of hydrogen-bond acceptors (Lipinski definition) is 8. The summed E-state index contributed by atoms with van der Waals surface area (Å²) in [4.78, 5) is 4.90. The molecule has 2 rings (SSSR count). The highest BCUT2D eigenvalue weighted by Gasteiger charge is 2.17. The Labute approximate surface area is 102 Å². The first kappa shape index (κ1) is 12.2. The van der Waals surface area contributed by atoms with Gasteiger partial charge >= 0.3 is 0 Å². The minimum atomic E-state index is -3.78. The van der Waals surface area contributed by atoms with Gasteiger partial charge in [-0.15, -0.1) is 5.10 Å². The van der Waals surface area contributed by atoms with Gasteiger partial charge in [0.25, 0.3) is 16.0 Å². The standard InChI is InChI=1S/C7H10N8O2S/c1-15-12-7(11-14-15)13-18(16,17)5-2-3-6(10-8)9-4-5/h2-4H,8H2,1H3,(H,9,10)(H,12,13). The molecule has 2 aromatic rings. The van der Waals surface area contributed by atoms with Gasteiger partial charge in [-0.05, 0) is 17.3 Å². The third-order valence-electron chi connectivity index (χ3n) is 1.93. The Kier molecular flexibility index (Phi) is 3.08. The van der Waals surface area contributed by atoms with Gasteiger partial charge in [0, 0.05) is 6.20 Å². The maximum atomic E-state index is 11.9. The average molecular weight is 270 g/mol. The number of pyridine rings is 1. The smallest absolute Gasteiger partial charge is 0.277 e. The number of anilines is 2. The molecule has 96 valence electrons. The highest BCUT2D eigenvalue weighted by atomic mass is 32.2. The van der Waals surface area contributed by atoms with Gasteiger partial charge < -0.3 is 5.43 Å². The lowest BCUT2D eigenvalue weighted by molar-refractivity contribution is 0.600. The van der Waals surface area contributed by atoms with Gasteiger partial charge in [0.05, 0.1) is 7.05 Å². The second kappa shape index (κ2) is 4.54. The molecule has 0 fully saturated rings.